The summed E-state index contributed by atoms with van der Waals surface area (Å²) in [4.78, 5) is 20.7. The summed E-state index contributed by atoms with van der Waals surface area (Å²) in [6, 6.07) is 11.3. The number of phenolic OH excluding ortho intramolecular Hbond substituents is 1. The van der Waals surface area contributed by atoms with Gasteiger partial charge in [0.05, 0.1) is 22.8 Å². The first kappa shape index (κ1) is 18.0. The van der Waals surface area contributed by atoms with Crippen LogP contribution in [0, 0.1) is 0 Å². The molecular weight excluding hydrogens is 403 g/mol. The molecule has 0 unspecified atom stereocenters. The van der Waals surface area contributed by atoms with E-state index in [2.05, 4.69) is 25.9 Å². The summed E-state index contributed by atoms with van der Waals surface area (Å²) >= 11 is 11.8. The number of nitrogens with zero attached hydrogens (tertiary/aromatic N) is 4. The van der Waals surface area contributed by atoms with E-state index in [0.717, 1.165) is 5.69 Å². The summed E-state index contributed by atoms with van der Waals surface area (Å²) in [7, 11) is 0. The number of aromatic hydroxyl groups is 1. The third kappa shape index (κ3) is 3.42. The molecule has 1 amide bonds. The Morgan fingerprint density at radius 1 is 1.04 bits per heavy atom. The molecule has 2 heterocycles. The zero-order chi connectivity index (χ0) is 19.7. The van der Waals surface area contributed by atoms with Crippen LogP contribution in [0.4, 0.5) is 5.82 Å². The van der Waals surface area contributed by atoms with Crippen molar-refractivity contribution in [3.05, 3.63) is 70.6 Å². The molecule has 0 saturated carbocycles. The van der Waals surface area contributed by atoms with Crippen molar-refractivity contribution in [3.63, 3.8) is 0 Å². The maximum atomic E-state index is 12.3. The van der Waals surface area contributed by atoms with Crippen LogP contribution in [0.3, 0.4) is 0 Å². The lowest BCUT2D eigenvalue weighted by Gasteiger charge is -2.10. The highest BCUT2D eigenvalue weighted by molar-refractivity contribution is 6.31. The van der Waals surface area contributed by atoms with Gasteiger partial charge >= 0.3 is 0 Å². The van der Waals surface area contributed by atoms with E-state index in [4.69, 9.17) is 23.2 Å². The molecule has 2 aromatic carbocycles. The van der Waals surface area contributed by atoms with E-state index in [0.29, 0.717) is 26.9 Å². The molecule has 10 heteroatoms. The highest BCUT2D eigenvalue weighted by Crippen LogP contribution is 2.23. The van der Waals surface area contributed by atoms with Crippen molar-refractivity contribution in [2.24, 2.45) is 0 Å². The Labute approximate surface area is 168 Å². The van der Waals surface area contributed by atoms with Gasteiger partial charge in [-0.25, -0.2) is 14.6 Å². The fourth-order valence-electron chi connectivity index (χ4n) is 2.59. The maximum absolute atomic E-state index is 12.3. The predicted octanol–water partition coefficient (Wildman–Crippen LogP) is 3.58. The third-order valence-electron chi connectivity index (χ3n) is 3.93. The lowest BCUT2D eigenvalue weighted by atomic mass is 10.2. The molecule has 0 radical (unpaired) electrons. The third-order valence-corrected chi connectivity index (χ3v) is 4.42. The van der Waals surface area contributed by atoms with Crippen LogP contribution in [0.15, 0.2) is 55.0 Å². The lowest BCUT2D eigenvalue weighted by Crippen LogP contribution is -2.30. The van der Waals surface area contributed by atoms with E-state index in [1.165, 1.54) is 24.5 Å². The number of phenols is 1. The van der Waals surface area contributed by atoms with Crippen molar-refractivity contribution in [3.8, 4) is 11.4 Å². The normalized spacial score (nSPS) is 10.8. The summed E-state index contributed by atoms with van der Waals surface area (Å²) in [6.45, 7) is 0. The van der Waals surface area contributed by atoms with E-state index in [9.17, 15) is 9.90 Å². The number of hydrogen-bond donors (Lipinski definition) is 3. The summed E-state index contributed by atoms with van der Waals surface area (Å²) in [6.07, 6.45) is 2.93. The highest BCUT2D eigenvalue weighted by Gasteiger charge is 2.14. The average Bonchev–Trinajstić information content (AvgIpc) is 3.13. The molecule has 0 aliphatic heterocycles. The largest absolute Gasteiger partial charge is 0.507 e. The van der Waals surface area contributed by atoms with Gasteiger partial charge in [-0.15, -0.1) is 0 Å². The van der Waals surface area contributed by atoms with Gasteiger partial charge in [-0.2, -0.15) is 5.10 Å². The number of hydrogen-bond acceptors (Lipinski definition) is 6. The molecule has 140 valence electrons. The number of carbonyl (C=O) groups excluding carboxylic acids is 1. The maximum Gasteiger partial charge on any atom is 0.273 e. The van der Waals surface area contributed by atoms with E-state index < -0.39 is 5.91 Å². The molecule has 4 rings (SSSR count). The van der Waals surface area contributed by atoms with Crippen molar-refractivity contribution < 1.29 is 9.90 Å². The average molecular weight is 415 g/mol. The molecule has 0 atom stereocenters. The summed E-state index contributed by atoms with van der Waals surface area (Å²) < 4.78 is 1.63. The molecule has 0 bridgehead atoms. The second kappa shape index (κ2) is 7.34. The number of amides is 1. The van der Waals surface area contributed by atoms with E-state index in [-0.39, 0.29) is 11.3 Å². The number of nitrogens with one attached hydrogen (secondary N) is 2. The fraction of sp³-hybridized carbons (Fsp3) is 0. The van der Waals surface area contributed by atoms with Crippen molar-refractivity contribution in [2.75, 3.05) is 5.43 Å². The Hall–Kier alpha value is -3.36. The van der Waals surface area contributed by atoms with Crippen molar-refractivity contribution in [2.45, 2.75) is 0 Å². The monoisotopic (exact) mass is 414 g/mol. The van der Waals surface area contributed by atoms with Gasteiger partial charge in [-0.3, -0.25) is 15.6 Å². The summed E-state index contributed by atoms with van der Waals surface area (Å²) in [5.74, 6) is -0.413. The lowest BCUT2D eigenvalue weighted by molar-refractivity contribution is 0.0960. The number of hydrazine groups is 1. The minimum Gasteiger partial charge on any atom is -0.507 e. The van der Waals surface area contributed by atoms with Gasteiger partial charge < -0.3 is 5.11 Å². The van der Waals surface area contributed by atoms with E-state index >= 15 is 0 Å². The van der Waals surface area contributed by atoms with Crippen molar-refractivity contribution in [1.29, 1.82) is 0 Å². The second-order valence-corrected chi connectivity index (χ2v) is 6.61. The van der Waals surface area contributed by atoms with Gasteiger partial charge in [0.15, 0.2) is 11.5 Å². The second-order valence-electron chi connectivity index (χ2n) is 5.73. The molecule has 0 aliphatic rings. The van der Waals surface area contributed by atoms with Crippen LogP contribution in [-0.4, -0.2) is 30.8 Å². The molecule has 2 aromatic heterocycles. The Bertz CT molecular complexity index is 1180. The number of halogens is 2. The Morgan fingerprint density at radius 2 is 1.79 bits per heavy atom. The van der Waals surface area contributed by atoms with Crippen LogP contribution >= 0.6 is 23.2 Å². The molecule has 0 spiro atoms. The van der Waals surface area contributed by atoms with Crippen molar-refractivity contribution in [1.82, 2.24) is 25.2 Å². The Balaban J connectivity index is 1.60. The molecular formula is C18H12Cl2N6O2. The first-order chi connectivity index (χ1) is 13.5. The first-order valence-corrected chi connectivity index (χ1v) is 8.78. The zero-order valence-corrected chi connectivity index (χ0v) is 15.6. The number of anilines is 1. The van der Waals surface area contributed by atoms with Crippen LogP contribution < -0.4 is 10.9 Å². The molecule has 0 fully saturated rings. The summed E-state index contributed by atoms with van der Waals surface area (Å²) in [5, 5.41) is 15.7. The number of aromatic nitrogens is 4. The number of rotatable bonds is 4. The SMILES string of the molecule is O=C(NNc1ncnc2c1cnn2-c1ccc(Cl)cc1)c1cc(Cl)ccc1O. The van der Waals surface area contributed by atoms with Crippen LogP contribution in [0.1, 0.15) is 10.4 Å². The standard InChI is InChI=1S/C18H12Cl2N6O2/c19-10-1-4-12(5-2-10)26-17-14(8-23-26)16(21-9-22-17)24-25-18(28)13-7-11(20)3-6-15(13)27/h1-9,27H,(H,25,28)(H,21,22,24). The van der Waals surface area contributed by atoms with Crippen LogP contribution in [-0.2, 0) is 0 Å². The molecule has 8 nitrogen and oxygen atoms in total. The molecule has 0 saturated heterocycles. The smallest absolute Gasteiger partial charge is 0.273 e. The Kier molecular flexibility index (Phi) is 4.72. The first-order valence-electron chi connectivity index (χ1n) is 8.02. The van der Waals surface area contributed by atoms with E-state index in [1.54, 1.807) is 23.0 Å². The van der Waals surface area contributed by atoms with Gasteiger partial charge in [0.25, 0.3) is 5.91 Å². The van der Waals surface area contributed by atoms with Gasteiger partial charge in [-0.05, 0) is 42.5 Å². The highest BCUT2D eigenvalue weighted by atomic mass is 35.5. The Morgan fingerprint density at radius 3 is 2.57 bits per heavy atom. The topological polar surface area (TPSA) is 105 Å². The van der Waals surface area contributed by atoms with Crippen LogP contribution in [0.2, 0.25) is 10.0 Å². The van der Waals surface area contributed by atoms with Gasteiger partial charge in [0.1, 0.15) is 12.1 Å². The van der Waals surface area contributed by atoms with Gasteiger partial charge in [-0.1, -0.05) is 23.2 Å². The number of carbonyl (C=O) groups is 1. The minimum atomic E-state index is -0.572. The summed E-state index contributed by atoms with van der Waals surface area (Å²) in [5.41, 5.74) is 6.55. The zero-order valence-electron chi connectivity index (χ0n) is 14.1. The fourth-order valence-corrected chi connectivity index (χ4v) is 2.89. The minimum absolute atomic E-state index is 0.0298. The van der Waals surface area contributed by atoms with Crippen LogP contribution in [0.5, 0.6) is 5.75 Å². The molecule has 4 aromatic rings. The van der Waals surface area contributed by atoms with E-state index in [1.807, 2.05) is 12.1 Å². The predicted molar refractivity (Wildman–Crippen MR) is 106 cm³/mol. The van der Waals surface area contributed by atoms with Crippen molar-refractivity contribution >= 4 is 46.0 Å². The quantitative estimate of drug-likeness (QED) is 0.440. The number of benzene rings is 2. The molecule has 28 heavy (non-hydrogen) atoms. The number of fused-ring (bicyclic) bond motifs is 1. The molecule has 0 aliphatic carbocycles. The van der Waals surface area contributed by atoms with Gasteiger partial charge in [0.2, 0.25) is 0 Å². The van der Waals surface area contributed by atoms with Crippen LogP contribution in [0.25, 0.3) is 16.7 Å². The molecule has 3 N–H and O–H groups in total. The van der Waals surface area contributed by atoms with Gasteiger partial charge in [0, 0.05) is 10.0 Å².